The van der Waals surface area contributed by atoms with Crippen LogP contribution in [-0.2, 0) is 9.53 Å². The number of carbonyl (C=O) groups is 2. The van der Waals surface area contributed by atoms with Crippen molar-refractivity contribution in [3.05, 3.63) is 59.9 Å². The van der Waals surface area contributed by atoms with Crippen molar-refractivity contribution in [2.24, 2.45) is 0 Å². The highest BCUT2D eigenvalue weighted by Crippen LogP contribution is 2.31. The van der Waals surface area contributed by atoms with E-state index in [2.05, 4.69) is 10.6 Å². The molecule has 0 fully saturated rings. The van der Waals surface area contributed by atoms with E-state index in [-0.39, 0.29) is 18.3 Å². The molecule has 6 heteroatoms. The number of aryl methyl sites for hydroxylation is 1. The summed E-state index contributed by atoms with van der Waals surface area (Å²) in [4.78, 5) is 24.8. The molecule has 0 atom stereocenters. The molecule has 0 aliphatic carbocycles. The molecule has 0 aliphatic heterocycles. The number of rotatable bonds is 6. The topological polar surface area (TPSA) is 80.6 Å². The summed E-state index contributed by atoms with van der Waals surface area (Å²) >= 11 is 0. The number of amides is 2. The van der Waals surface area contributed by atoms with Crippen molar-refractivity contribution in [1.82, 2.24) is 0 Å². The smallest absolute Gasteiger partial charge is 0.293 e. The number of benzene rings is 2. The Hall–Kier alpha value is -3.12. The van der Waals surface area contributed by atoms with Crippen molar-refractivity contribution in [3.8, 4) is 0 Å². The minimum absolute atomic E-state index is 0.0524. The zero-order chi connectivity index (χ0) is 18.5. The van der Waals surface area contributed by atoms with E-state index in [0.717, 1.165) is 5.56 Å². The molecule has 26 heavy (non-hydrogen) atoms. The molecule has 3 aromatic rings. The van der Waals surface area contributed by atoms with Gasteiger partial charge >= 0.3 is 0 Å². The SMILES string of the molecule is CCOCC(=O)Nc1c(C(=O)Nc2ccc(C)cc2)oc2ccccc12. The summed E-state index contributed by atoms with van der Waals surface area (Å²) in [6.07, 6.45) is 0. The van der Waals surface area contributed by atoms with Crippen LogP contribution in [0.15, 0.2) is 52.9 Å². The summed E-state index contributed by atoms with van der Waals surface area (Å²) in [5, 5.41) is 6.17. The van der Waals surface area contributed by atoms with Crippen molar-refractivity contribution in [3.63, 3.8) is 0 Å². The van der Waals surface area contributed by atoms with Gasteiger partial charge in [0.1, 0.15) is 17.9 Å². The minimum atomic E-state index is -0.434. The first-order valence-electron chi connectivity index (χ1n) is 8.35. The van der Waals surface area contributed by atoms with E-state index in [0.29, 0.717) is 29.0 Å². The maximum atomic E-state index is 12.7. The Morgan fingerprint density at radius 1 is 1.04 bits per heavy atom. The second kappa shape index (κ2) is 7.84. The number of para-hydroxylation sites is 1. The number of furan rings is 1. The fourth-order valence-electron chi connectivity index (χ4n) is 2.52. The second-order valence-electron chi connectivity index (χ2n) is 5.81. The van der Waals surface area contributed by atoms with Crippen molar-refractivity contribution >= 4 is 34.2 Å². The molecule has 6 nitrogen and oxygen atoms in total. The van der Waals surface area contributed by atoms with Gasteiger partial charge in [0.15, 0.2) is 0 Å². The van der Waals surface area contributed by atoms with Crippen molar-refractivity contribution in [1.29, 1.82) is 0 Å². The highest BCUT2D eigenvalue weighted by atomic mass is 16.5. The number of anilines is 2. The van der Waals surface area contributed by atoms with Crippen LogP contribution in [0.3, 0.4) is 0 Å². The van der Waals surface area contributed by atoms with Gasteiger partial charge in [0, 0.05) is 17.7 Å². The number of carbonyl (C=O) groups excluding carboxylic acids is 2. The fraction of sp³-hybridized carbons (Fsp3) is 0.200. The molecule has 2 N–H and O–H groups in total. The molecule has 2 aromatic carbocycles. The van der Waals surface area contributed by atoms with Crippen molar-refractivity contribution in [2.75, 3.05) is 23.8 Å². The monoisotopic (exact) mass is 352 g/mol. The van der Waals surface area contributed by atoms with Crippen LogP contribution in [0.5, 0.6) is 0 Å². The molecule has 0 spiro atoms. The molecular formula is C20H20N2O4. The Labute approximate surface area is 151 Å². The number of fused-ring (bicyclic) bond motifs is 1. The standard InChI is InChI=1S/C20H20N2O4/c1-3-25-12-17(23)22-18-15-6-4-5-7-16(15)26-19(18)20(24)21-14-10-8-13(2)9-11-14/h4-11H,3,12H2,1-2H3,(H,21,24)(H,22,23). The van der Waals surface area contributed by atoms with Gasteiger partial charge in [-0.25, -0.2) is 0 Å². The molecular weight excluding hydrogens is 332 g/mol. The van der Waals surface area contributed by atoms with Gasteiger partial charge in [-0.2, -0.15) is 0 Å². The number of hydrogen-bond acceptors (Lipinski definition) is 4. The molecule has 0 radical (unpaired) electrons. The third kappa shape index (κ3) is 3.92. The van der Waals surface area contributed by atoms with Crippen LogP contribution < -0.4 is 10.6 Å². The molecule has 0 saturated heterocycles. The van der Waals surface area contributed by atoms with Gasteiger partial charge in [0.25, 0.3) is 5.91 Å². The lowest BCUT2D eigenvalue weighted by molar-refractivity contribution is -0.120. The summed E-state index contributed by atoms with van der Waals surface area (Å²) in [5.41, 5.74) is 2.60. The third-order valence-corrected chi connectivity index (χ3v) is 3.81. The van der Waals surface area contributed by atoms with Gasteiger partial charge < -0.3 is 19.8 Å². The van der Waals surface area contributed by atoms with Gasteiger partial charge in [0.2, 0.25) is 11.7 Å². The zero-order valence-electron chi connectivity index (χ0n) is 14.7. The van der Waals surface area contributed by atoms with Gasteiger partial charge in [-0.05, 0) is 38.1 Å². The first-order valence-corrected chi connectivity index (χ1v) is 8.35. The average Bonchev–Trinajstić information content (AvgIpc) is 3.00. The van der Waals surface area contributed by atoms with Gasteiger partial charge in [-0.3, -0.25) is 9.59 Å². The molecule has 0 bridgehead atoms. The van der Waals surface area contributed by atoms with Crippen LogP contribution in [-0.4, -0.2) is 25.0 Å². The minimum Gasteiger partial charge on any atom is -0.449 e. The maximum Gasteiger partial charge on any atom is 0.293 e. The third-order valence-electron chi connectivity index (χ3n) is 3.81. The lowest BCUT2D eigenvalue weighted by atomic mass is 10.2. The number of hydrogen-bond donors (Lipinski definition) is 2. The predicted octanol–water partition coefficient (Wildman–Crippen LogP) is 3.97. The zero-order valence-corrected chi connectivity index (χ0v) is 14.7. The van der Waals surface area contributed by atoms with Crippen LogP contribution >= 0.6 is 0 Å². The molecule has 2 amide bonds. The quantitative estimate of drug-likeness (QED) is 0.703. The Balaban J connectivity index is 1.90. The van der Waals surface area contributed by atoms with Crippen LogP contribution in [0.2, 0.25) is 0 Å². The highest BCUT2D eigenvalue weighted by molar-refractivity contribution is 6.14. The van der Waals surface area contributed by atoms with E-state index in [4.69, 9.17) is 9.15 Å². The summed E-state index contributed by atoms with van der Waals surface area (Å²) < 4.78 is 10.8. The highest BCUT2D eigenvalue weighted by Gasteiger charge is 2.22. The fourth-order valence-corrected chi connectivity index (χ4v) is 2.52. The van der Waals surface area contributed by atoms with E-state index >= 15 is 0 Å². The Bertz CT molecular complexity index is 929. The molecule has 0 unspecified atom stereocenters. The average molecular weight is 352 g/mol. The molecule has 0 saturated carbocycles. The van der Waals surface area contributed by atoms with E-state index in [9.17, 15) is 9.59 Å². The predicted molar refractivity (Wildman–Crippen MR) is 100 cm³/mol. The van der Waals surface area contributed by atoms with Gasteiger partial charge in [-0.15, -0.1) is 0 Å². The van der Waals surface area contributed by atoms with E-state index in [1.165, 1.54) is 0 Å². The van der Waals surface area contributed by atoms with Crippen molar-refractivity contribution < 1.29 is 18.7 Å². The van der Waals surface area contributed by atoms with Gasteiger partial charge in [0.05, 0.1) is 0 Å². The second-order valence-corrected chi connectivity index (χ2v) is 5.81. The number of nitrogens with one attached hydrogen (secondary N) is 2. The first-order chi connectivity index (χ1) is 12.6. The normalized spacial score (nSPS) is 10.7. The van der Waals surface area contributed by atoms with Crippen LogP contribution in [0, 0.1) is 6.92 Å². The Kier molecular flexibility index (Phi) is 5.34. The van der Waals surface area contributed by atoms with Crippen LogP contribution in [0.25, 0.3) is 11.0 Å². The van der Waals surface area contributed by atoms with Crippen LogP contribution in [0.4, 0.5) is 11.4 Å². The largest absolute Gasteiger partial charge is 0.449 e. The number of ether oxygens (including phenoxy) is 1. The molecule has 134 valence electrons. The van der Waals surface area contributed by atoms with Crippen LogP contribution in [0.1, 0.15) is 23.0 Å². The first kappa shape index (κ1) is 17.7. The summed E-state index contributed by atoms with van der Waals surface area (Å²) in [6, 6.07) is 14.6. The molecule has 1 heterocycles. The maximum absolute atomic E-state index is 12.7. The molecule has 0 aliphatic rings. The Morgan fingerprint density at radius 3 is 2.50 bits per heavy atom. The summed E-state index contributed by atoms with van der Waals surface area (Å²) in [6.45, 7) is 4.12. The van der Waals surface area contributed by atoms with E-state index < -0.39 is 5.91 Å². The summed E-state index contributed by atoms with van der Waals surface area (Å²) in [7, 11) is 0. The van der Waals surface area contributed by atoms with Gasteiger partial charge in [-0.1, -0.05) is 29.8 Å². The van der Waals surface area contributed by atoms with E-state index in [1.54, 1.807) is 25.1 Å². The summed E-state index contributed by atoms with van der Waals surface area (Å²) in [5.74, 6) is -0.726. The van der Waals surface area contributed by atoms with Crippen molar-refractivity contribution in [2.45, 2.75) is 13.8 Å². The molecule has 3 rings (SSSR count). The Morgan fingerprint density at radius 2 is 1.77 bits per heavy atom. The lowest BCUT2D eigenvalue weighted by Crippen LogP contribution is -2.20. The lowest BCUT2D eigenvalue weighted by Gasteiger charge is -2.07. The molecule has 1 aromatic heterocycles. The van der Waals surface area contributed by atoms with E-state index in [1.807, 2.05) is 37.3 Å².